The Morgan fingerprint density at radius 3 is 2.29 bits per heavy atom. The Morgan fingerprint density at radius 1 is 0.833 bits per heavy atom. The number of hydrogen-bond donors (Lipinski definition) is 0. The quantitative estimate of drug-likeness (QED) is 0.364. The molecule has 0 saturated carbocycles. The Hall–Kier alpha value is -2.74. The molecular weight excluding hydrogens is 292 g/mol. The van der Waals surface area contributed by atoms with Crippen molar-refractivity contribution in [1.82, 2.24) is 4.98 Å². The molecule has 0 saturated heterocycles. The van der Waals surface area contributed by atoms with Gasteiger partial charge >= 0.3 is 5.82 Å². The lowest BCUT2D eigenvalue weighted by molar-refractivity contribution is -0.661. The van der Waals surface area contributed by atoms with Gasteiger partial charge in [0.2, 0.25) is 0 Å². The molecule has 1 heterocycles. The molecule has 0 spiro atoms. The van der Waals surface area contributed by atoms with Crippen LogP contribution in [0.3, 0.4) is 0 Å². The summed E-state index contributed by atoms with van der Waals surface area (Å²) in [6.07, 6.45) is 2.18. The van der Waals surface area contributed by atoms with Crippen LogP contribution in [0.1, 0.15) is 16.7 Å². The second-order valence-corrected chi connectivity index (χ2v) is 6.69. The summed E-state index contributed by atoms with van der Waals surface area (Å²) in [5, 5.41) is 3.65. The van der Waals surface area contributed by atoms with E-state index in [-0.39, 0.29) is 0 Å². The van der Waals surface area contributed by atoms with Crippen LogP contribution in [-0.4, -0.2) is 4.98 Å². The summed E-state index contributed by atoms with van der Waals surface area (Å²) in [4.78, 5) is 5.00. The molecule has 0 bridgehead atoms. The summed E-state index contributed by atoms with van der Waals surface area (Å²) >= 11 is 0. The first kappa shape index (κ1) is 14.8. The number of hydrogen-bond acceptors (Lipinski definition) is 1. The zero-order valence-corrected chi connectivity index (χ0v) is 14.6. The molecule has 2 nitrogen and oxygen atoms in total. The van der Waals surface area contributed by atoms with E-state index in [0.29, 0.717) is 0 Å². The predicted octanol–water partition coefficient (Wildman–Crippen LogP) is 4.80. The smallest absolute Gasteiger partial charge is 0.232 e. The van der Waals surface area contributed by atoms with Gasteiger partial charge in [-0.15, -0.1) is 0 Å². The van der Waals surface area contributed by atoms with E-state index in [9.17, 15) is 0 Å². The monoisotopic (exact) mass is 313 g/mol. The minimum Gasteiger partial charge on any atom is -0.232 e. The molecule has 3 aromatic carbocycles. The highest BCUT2D eigenvalue weighted by Crippen LogP contribution is 2.26. The summed E-state index contributed by atoms with van der Waals surface area (Å²) in [6.45, 7) is 6.49. The molecule has 0 aliphatic rings. The fourth-order valence-corrected chi connectivity index (χ4v) is 3.43. The zero-order valence-electron chi connectivity index (χ0n) is 14.6. The van der Waals surface area contributed by atoms with Crippen LogP contribution in [0.15, 0.2) is 54.7 Å². The third kappa shape index (κ3) is 2.35. The molecular formula is C22H21N2+. The van der Waals surface area contributed by atoms with E-state index < -0.39 is 0 Å². The zero-order chi connectivity index (χ0) is 16.8. The van der Waals surface area contributed by atoms with Crippen LogP contribution in [0.4, 0.5) is 0 Å². The van der Waals surface area contributed by atoms with E-state index in [4.69, 9.17) is 4.98 Å². The van der Waals surface area contributed by atoms with Gasteiger partial charge in [-0.1, -0.05) is 30.3 Å². The molecule has 0 atom stereocenters. The van der Waals surface area contributed by atoms with Crippen molar-refractivity contribution in [3.63, 3.8) is 0 Å². The number of fused-ring (bicyclic) bond motifs is 2. The van der Waals surface area contributed by atoms with Gasteiger partial charge in [-0.05, 0) is 71.4 Å². The second kappa shape index (κ2) is 5.41. The highest BCUT2D eigenvalue weighted by molar-refractivity contribution is 5.96. The van der Waals surface area contributed by atoms with Crippen LogP contribution in [0.25, 0.3) is 33.1 Å². The van der Waals surface area contributed by atoms with Gasteiger partial charge in [0, 0.05) is 0 Å². The van der Waals surface area contributed by atoms with Gasteiger partial charge in [-0.3, -0.25) is 0 Å². The molecule has 2 heteroatoms. The van der Waals surface area contributed by atoms with Crippen LogP contribution >= 0.6 is 0 Å². The van der Waals surface area contributed by atoms with Crippen molar-refractivity contribution in [2.24, 2.45) is 7.05 Å². The van der Waals surface area contributed by atoms with Gasteiger partial charge in [0.05, 0.1) is 18.0 Å². The molecule has 4 rings (SSSR count). The van der Waals surface area contributed by atoms with Gasteiger partial charge in [0.25, 0.3) is 0 Å². The summed E-state index contributed by atoms with van der Waals surface area (Å²) < 4.78 is 2.14. The number of nitrogens with zero attached hydrogens (tertiary/aromatic N) is 2. The highest BCUT2D eigenvalue weighted by atomic mass is 15.0. The lowest BCUT2D eigenvalue weighted by Gasteiger charge is -2.09. The van der Waals surface area contributed by atoms with Gasteiger partial charge < -0.3 is 0 Å². The fourth-order valence-electron chi connectivity index (χ4n) is 3.43. The Kier molecular flexibility index (Phi) is 3.34. The van der Waals surface area contributed by atoms with Gasteiger partial charge in [0.15, 0.2) is 5.52 Å². The standard InChI is InChI=1S/C22H21N2/c1-14-9-15(2)16(3)20(10-14)22-23-21-12-18-8-6-5-7-17(18)11-19(21)13-24(22)4/h5-13H,1-4H3/q+1. The fraction of sp³-hybridized carbons (Fsp3) is 0.182. The van der Waals surface area contributed by atoms with Crippen LogP contribution in [0.2, 0.25) is 0 Å². The molecule has 1 aromatic heterocycles. The maximum Gasteiger partial charge on any atom is 0.331 e. The molecule has 0 fully saturated rings. The average molecular weight is 313 g/mol. The number of aromatic nitrogens is 2. The maximum atomic E-state index is 5.00. The maximum absolute atomic E-state index is 5.00. The van der Waals surface area contributed by atoms with Crippen molar-refractivity contribution in [2.75, 3.05) is 0 Å². The first-order valence-corrected chi connectivity index (χ1v) is 8.30. The third-order valence-electron chi connectivity index (χ3n) is 4.84. The normalized spacial score (nSPS) is 11.3. The van der Waals surface area contributed by atoms with E-state index in [1.807, 2.05) is 0 Å². The molecule has 24 heavy (non-hydrogen) atoms. The molecule has 118 valence electrons. The molecule has 0 unspecified atom stereocenters. The summed E-state index contributed by atoms with van der Waals surface area (Å²) in [5.41, 5.74) is 6.13. The van der Waals surface area contributed by atoms with E-state index in [1.165, 1.54) is 38.4 Å². The van der Waals surface area contributed by atoms with E-state index in [2.05, 4.69) is 87.1 Å². The SMILES string of the molecule is Cc1cc(C)c(C)c(-c2nc3cc4ccccc4cc3c[n+]2C)c1. The average Bonchev–Trinajstić information content (AvgIpc) is 2.56. The lowest BCUT2D eigenvalue weighted by atomic mass is 9.99. The molecule has 0 aliphatic heterocycles. The lowest BCUT2D eigenvalue weighted by Crippen LogP contribution is -2.32. The van der Waals surface area contributed by atoms with Crippen LogP contribution in [-0.2, 0) is 7.05 Å². The van der Waals surface area contributed by atoms with Crippen LogP contribution < -0.4 is 4.57 Å². The molecule has 0 N–H and O–H groups in total. The van der Waals surface area contributed by atoms with Gasteiger partial charge in [0.1, 0.15) is 6.20 Å². The molecule has 4 aromatic rings. The van der Waals surface area contributed by atoms with Gasteiger partial charge in [-0.25, -0.2) is 4.57 Å². The summed E-state index contributed by atoms with van der Waals surface area (Å²) in [6, 6.07) is 17.3. The first-order valence-electron chi connectivity index (χ1n) is 8.30. The number of rotatable bonds is 1. The van der Waals surface area contributed by atoms with Crippen molar-refractivity contribution in [3.8, 4) is 11.4 Å². The minimum absolute atomic E-state index is 1.02. The molecule has 0 aliphatic carbocycles. The highest BCUT2D eigenvalue weighted by Gasteiger charge is 2.19. The Balaban J connectivity index is 2.03. The first-order chi connectivity index (χ1) is 11.5. The molecule has 0 amide bonds. The Labute approximate surface area is 142 Å². The number of aryl methyl sites for hydroxylation is 3. The molecule has 0 radical (unpaired) electrons. The van der Waals surface area contributed by atoms with E-state index in [1.54, 1.807) is 0 Å². The second-order valence-electron chi connectivity index (χ2n) is 6.69. The van der Waals surface area contributed by atoms with Crippen LogP contribution in [0, 0.1) is 20.8 Å². The number of benzene rings is 3. The van der Waals surface area contributed by atoms with Crippen molar-refractivity contribution < 1.29 is 4.57 Å². The third-order valence-corrected chi connectivity index (χ3v) is 4.84. The van der Waals surface area contributed by atoms with Crippen molar-refractivity contribution in [3.05, 3.63) is 71.4 Å². The largest absolute Gasteiger partial charge is 0.331 e. The van der Waals surface area contributed by atoms with Gasteiger partial charge in [-0.2, -0.15) is 0 Å². The topological polar surface area (TPSA) is 16.8 Å². The predicted molar refractivity (Wildman–Crippen MR) is 100 cm³/mol. The van der Waals surface area contributed by atoms with Crippen molar-refractivity contribution in [2.45, 2.75) is 20.8 Å². The van der Waals surface area contributed by atoms with E-state index >= 15 is 0 Å². The van der Waals surface area contributed by atoms with E-state index in [0.717, 1.165) is 11.3 Å². The summed E-state index contributed by atoms with van der Waals surface area (Å²) in [7, 11) is 2.08. The van der Waals surface area contributed by atoms with Crippen LogP contribution in [0.5, 0.6) is 0 Å². The minimum atomic E-state index is 1.02. The Morgan fingerprint density at radius 2 is 1.54 bits per heavy atom. The summed E-state index contributed by atoms with van der Waals surface area (Å²) in [5.74, 6) is 1.02. The Bertz CT molecular complexity index is 1090. The van der Waals surface area contributed by atoms with Crippen molar-refractivity contribution in [1.29, 1.82) is 0 Å². The van der Waals surface area contributed by atoms with Crippen molar-refractivity contribution >= 4 is 21.7 Å².